The number of nitrogens with one attached hydrogen (secondary N) is 1. The molecule has 4 rings (SSSR count). The molecule has 2 aromatic carbocycles. The van der Waals surface area contributed by atoms with E-state index in [9.17, 15) is 4.39 Å². The molecule has 0 radical (unpaired) electrons. The van der Waals surface area contributed by atoms with E-state index < -0.39 is 0 Å². The lowest BCUT2D eigenvalue weighted by Crippen LogP contribution is -2.36. The molecule has 3 aromatic rings. The van der Waals surface area contributed by atoms with Gasteiger partial charge < -0.3 is 14.6 Å². The maximum atomic E-state index is 13.8. The number of aromatic nitrogens is 2. The molecule has 0 atom stereocenters. The van der Waals surface area contributed by atoms with E-state index in [-0.39, 0.29) is 5.82 Å². The molecular weight excluding hydrogens is 399 g/mol. The molecule has 1 aliphatic carbocycles. The van der Waals surface area contributed by atoms with E-state index in [1.165, 1.54) is 6.07 Å². The van der Waals surface area contributed by atoms with E-state index in [0.29, 0.717) is 51.3 Å². The normalized spacial score (nSPS) is 13.4. The van der Waals surface area contributed by atoms with Crippen LogP contribution in [0.2, 0.25) is 5.02 Å². The molecule has 8 heteroatoms. The number of hydrogen-bond acceptors (Lipinski definition) is 4. The van der Waals surface area contributed by atoms with Crippen molar-refractivity contribution in [3.05, 3.63) is 64.8 Å². The number of aryl methyl sites for hydroxylation is 1. The minimum atomic E-state index is -0.271. The van der Waals surface area contributed by atoms with Crippen LogP contribution >= 0.6 is 23.8 Å². The zero-order valence-corrected chi connectivity index (χ0v) is 16.7. The highest BCUT2D eigenvalue weighted by Gasteiger charge is 2.32. The molecule has 28 heavy (non-hydrogen) atoms. The van der Waals surface area contributed by atoms with Crippen molar-refractivity contribution in [1.29, 1.82) is 0 Å². The van der Waals surface area contributed by atoms with Crippen LogP contribution in [-0.2, 0) is 6.54 Å². The molecular formula is C20H18ClFN4OS. The Hall–Kier alpha value is -2.51. The number of nitrogens with zero attached hydrogens (tertiary/aromatic N) is 3. The second kappa shape index (κ2) is 7.85. The Kier molecular flexibility index (Phi) is 5.28. The summed E-state index contributed by atoms with van der Waals surface area (Å²) in [6.07, 6.45) is 2.07. The van der Waals surface area contributed by atoms with Crippen molar-refractivity contribution < 1.29 is 8.81 Å². The van der Waals surface area contributed by atoms with Crippen molar-refractivity contribution >= 4 is 34.6 Å². The Morgan fingerprint density at radius 3 is 2.79 bits per heavy atom. The van der Waals surface area contributed by atoms with Crippen LogP contribution in [0.25, 0.3) is 11.5 Å². The predicted molar refractivity (Wildman–Crippen MR) is 111 cm³/mol. The van der Waals surface area contributed by atoms with Crippen molar-refractivity contribution in [2.75, 3.05) is 5.32 Å². The number of hydrogen-bond donors (Lipinski definition) is 1. The zero-order chi connectivity index (χ0) is 19.7. The lowest BCUT2D eigenvalue weighted by atomic mass is 10.2. The quantitative estimate of drug-likeness (QED) is 0.577. The minimum absolute atomic E-state index is 0.271. The van der Waals surface area contributed by atoms with Crippen LogP contribution in [-0.4, -0.2) is 26.3 Å². The van der Waals surface area contributed by atoms with Crippen LogP contribution in [0, 0.1) is 12.7 Å². The van der Waals surface area contributed by atoms with Crippen molar-refractivity contribution in [2.45, 2.75) is 32.4 Å². The molecule has 0 amide bonds. The standard InChI is InChI=1S/C20H18ClFN4OS/c1-12-6-7-13(10-17(12)22)23-20(28)26(14-8-9-14)11-18-24-25-19(27-18)15-4-2-3-5-16(15)21/h2-7,10,14H,8-9,11H2,1H3,(H,23,28). The maximum absolute atomic E-state index is 13.8. The molecule has 1 aromatic heterocycles. The Morgan fingerprint density at radius 2 is 2.07 bits per heavy atom. The van der Waals surface area contributed by atoms with Gasteiger partial charge in [0.15, 0.2) is 5.11 Å². The van der Waals surface area contributed by atoms with E-state index in [1.807, 2.05) is 23.1 Å². The van der Waals surface area contributed by atoms with Gasteiger partial charge in [0.1, 0.15) is 5.82 Å². The van der Waals surface area contributed by atoms with Gasteiger partial charge in [-0.3, -0.25) is 0 Å². The summed E-state index contributed by atoms with van der Waals surface area (Å²) in [5.74, 6) is 0.545. The highest BCUT2D eigenvalue weighted by atomic mass is 35.5. The van der Waals surface area contributed by atoms with Crippen LogP contribution in [0.1, 0.15) is 24.3 Å². The van der Waals surface area contributed by atoms with E-state index in [2.05, 4.69) is 15.5 Å². The third-order valence-corrected chi connectivity index (χ3v) is 5.21. The Bertz CT molecular complexity index is 1020. The van der Waals surface area contributed by atoms with Gasteiger partial charge in [0, 0.05) is 11.7 Å². The maximum Gasteiger partial charge on any atom is 0.249 e. The van der Waals surface area contributed by atoms with Gasteiger partial charge in [0.2, 0.25) is 11.8 Å². The summed E-state index contributed by atoms with van der Waals surface area (Å²) < 4.78 is 19.6. The average molecular weight is 417 g/mol. The number of benzene rings is 2. The van der Waals surface area contributed by atoms with Crippen LogP contribution in [0.3, 0.4) is 0 Å². The van der Waals surface area contributed by atoms with Gasteiger partial charge >= 0.3 is 0 Å². The monoisotopic (exact) mass is 416 g/mol. The largest absolute Gasteiger partial charge is 0.419 e. The van der Waals surface area contributed by atoms with E-state index in [0.717, 1.165) is 12.8 Å². The Balaban J connectivity index is 1.49. The average Bonchev–Trinajstić information content (AvgIpc) is 3.41. The molecule has 1 aliphatic rings. The lowest BCUT2D eigenvalue weighted by molar-refractivity contribution is 0.351. The Morgan fingerprint density at radius 1 is 1.29 bits per heavy atom. The fourth-order valence-corrected chi connectivity index (χ4v) is 3.37. The first-order valence-corrected chi connectivity index (χ1v) is 9.71. The summed E-state index contributed by atoms with van der Waals surface area (Å²) in [7, 11) is 0. The molecule has 1 heterocycles. The first-order valence-electron chi connectivity index (χ1n) is 8.92. The smallest absolute Gasteiger partial charge is 0.249 e. The van der Waals surface area contributed by atoms with E-state index >= 15 is 0 Å². The first-order chi connectivity index (χ1) is 13.5. The summed E-state index contributed by atoms with van der Waals surface area (Å²) in [6.45, 7) is 2.10. The SMILES string of the molecule is Cc1ccc(NC(=S)N(Cc2nnc(-c3ccccc3Cl)o2)C2CC2)cc1F. The third kappa shape index (κ3) is 4.15. The van der Waals surface area contributed by atoms with Gasteiger partial charge in [0.25, 0.3) is 0 Å². The topological polar surface area (TPSA) is 54.2 Å². The molecule has 0 unspecified atom stereocenters. The minimum Gasteiger partial charge on any atom is -0.419 e. The third-order valence-electron chi connectivity index (χ3n) is 4.55. The fraction of sp³-hybridized carbons (Fsp3) is 0.250. The van der Waals surface area contributed by atoms with Gasteiger partial charge in [-0.15, -0.1) is 10.2 Å². The molecule has 144 valence electrons. The Labute approximate surface area is 172 Å². The number of halogens is 2. The molecule has 1 fully saturated rings. The molecule has 5 nitrogen and oxygen atoms in total. The fourth-order valence-electron chi connectivity index (χ4n) is 2.83. The van der Waals surface area contributed by atoms with E-state index in [1.54, 1.807) is 25.1 Å². The van der Waals surface area contributed by atoms with Crippen molar-refractivity contribution in [2.24, 2.45) is 0 Å². The van der Waals surface area contributed by atoms with Crippen LogP contribution < -0.4 is 5.32 Å². The summed E-state index contributed by atoms with van der Waals surface area (Å²) in [5.41, 5.74) is 1.89. The van der Waals surface area contributed by atoms with Crippen molar-refractivity contribution in [3.8, 4) is 11.5 Å². The number of thiocarbonyl (C=S) groups is 1. The van der Waals surface area contributed by atoms with Gasteiger partial charge in [-0.25, -0.2) is 4.39 Å². The summed E-state index contributed by atoms with van der Waals surface area (Å²) in [5, 5.41) is 12.4. The van der Waals surface area contributed by atoms with Gasteiger partial charge in [0.05, 0.1) is 17.1 Å². The van der Waals surface area contributed by atoms with Gasteiger partial charge in [-0.2, -0.15) is 0 Å². The zero-order valence-electron chi connectivity index (χ0n) is 15.2. The second-order valence-corrected chi connectivity index (χ2v) is 7.53. The number of rotatable bonds is 5. The van der Waals surface area contributed by atoms with Crippen LogP contribution in [0.15, 0.2) is 46.9 Å². The molecule has 0 spiro atoms. The predicted octanol–water partition coefficient (Wildman–Crippen LogP) is 5.20. The van der Waals surface area contributed by atoms with Gasteiger partial charge in [-0.05, 0) is 61.8 Å². The number of anilines is 1. The summed E-state index contributed by atoms with van der Waals surface area (Å²) in [4.78, 5) is 2.00. The van der Waals surface area contributed by atoms with Gasteiger partial charge in [-0.1, -0.05) is 29.8 Å². The highest BCUT2D eigenvalue weighted by molar-refractivity contribution is 7.80. The van der Waals surface area contributed by atoms with Crippen molar-refractivity contribution in [1.82, 2.24) is 15.1 Å². The molecule has 0 saturated heterocycles. The lowest BCUT2D eigenvalue weighted by Gasteiger charge is -2.24. The molecule has 1 saturated carbocycles. The molecule has 1 N–H and O–H groups in total. The van der Waals surface area contributed by atoms with E-state index in [4.69, 9.17) is 28.2 Å². The second-order valence-electron chi connectivity index (χ2n) is 6.73. The summed E-state index contributed by atoms with van der Waals surface area (Å²) in [6, 6.07) is 12.6. The first kappa shape index (κ1) is 18.8. The van der Waals surface area contributed by atoms with Crippen LogP contribution in [0.5, 0.6) is 0 Å². The van der Waals surface area contributed by atoms with Crippen molar-refractivity contribution in [3.63, 3.8) is 0 Å². The summed E-state index contributed by atoms with van der Waals surface area (Å²) >= 11 is 11.8. The molecule has 0 aliphatic heterocycles. The van der Waals surface area contributed by atoms with Crippen LogP contribution in [0.4, 0.5) is 10.1 Å². The highest BCUT2D eigenvalue weighted by Crippen LogP contribution is 2.31. The molecule has 0 bridgehead atoms.